The molecule has 22 heavy (non-hydrogen) atoms. The zero-order valence-electron chi connectivity index (χ0n) is 11.3. The lowest BCUT2D eigenvalue weighted by atomic mass is 10.1. The highest BCUT2D eigenvalue weighted by molar-refractivity contribution is 8.93. The van der Waals surface area contributed by atoms with Crippen LogP contribution in [0, 0.1) is 0 Å². The van der Waals surface area contributed by atoms with Gasteiger partial charge < -0.3 is 11.1 Å². The highest BCUT2D eigenvalue weighted by Crippen LogP contribution is 2.44. The van der Waals surface area contributed by atoms with Crippen LogP contribution in [0.15, 0.2) is 47.4 Å². The number of carbonyl (C=O) groups is 1. The van der Waals surface area contributed by atoms with Gasteiger partial charge in [-0.1, -0.05) is 41.4 Å². The summed E-state index contributed by atoms with van der Waals surface area (Å²) in [7, 11) is 0. The maximum atomic E-state index is 12.2. The number of hydrogen-bond donors (Lipinski definition) is 2. The van der Waals surface area contributed by atoms with Gasteiger partial charge in [-0.3, -0.25) is 4.79 Å². The van der Waals surface area contributed by atoms with Crippen molar-refractivity contribution in [3.8, 4) is 0 Å². The predicted molar refractivity (Wildman–Crippen MR) is 98.4 cm³/mol. The molecule has 2 atom stereocenters. The molecule has 2 aromatic carbocycles. The number of nitrogens with one attached hydrogen (secondary N) is 1. The number of para-hydroxylation sites is 1. The van der Waals surface area contributed by atoms with Crippen molar-refractivity contribution in [3.05, 3.63) is 58.1 Å². The Balaban J connectivity index is 0.00000176. The van der Waals surface area contributed by atoms with Crippen molar-refractivity contribution in [1.82, 2.24) is 0 Å². The fourth-order valence-electron chi connectivity index (χ4n) is 2.20. The van der Waals surface area contributed by atoms with E-state index >= 15 is 0 Å². The Labute approximate surface area is 153 Å². The molecule has 0 radical (unpaired) electrons. The van der Waals surface area contributed by atoms with E-state index in [4.69, 9.17) is 28.9 Å². The van der Waals surface area contributed by atoms with E-state index < -0.39 is 6.04 Å². The minimum absolute atomic E-state index is 0. The Kier molecular flexibility index (Phi) is 5.80. The highest BCUT2D eigenvalue weighted by atomic mass is 79.9. The van der Waals surface area contributed by atoms with Crippen LogP contribution < -0.4 is 11.1 Å². The normalized spacial score (nSPS) is 20.4. The van der Waals surface area contributed by atoms with Crippen LogP contribution in [0.25, 0.3) is 0 Å². The van der Waals surface area contributed by atoms with E-state index in [1.165, 1.54) is 0 Å². The first-order chi connectivity index (χ1) is 10.1. The fraction of sp³-hybridized carbons (Fsp3) is 0.133. The number of hydrogen-bond acceptors (Lipinski definition) is 3. The Morgan fingerprint density at radius 3 is 2.55 bits per heavy atom. The van der Waals surface area contributed by atoms with Crippen LogP contribution in [0.5, 0.6) is 0 Å². The maximum absolute atomic E-state index is 12.2. The molecule has 3 nitrogen and oxygen atoms in total. The van der Waals surface area contributed by atoms with Crippen LogP contribution in [0.3, 0.4) is 0 Å². The zero-order chi connectivity index (χ0) is 15.0. The van der Waals surface area contributed by atoms with Crippen molar-refractivity contribution in [2.24, 2.45) is 5.73 Å². The summed E-state index contributed by atoms with van der Waals surface area (Å²) >= 11 is 13.6. The first-order valence-electron chi connectivity index (χ1n) is 6.33. The van der Waals surface area contributed by atoms with Gasteiger partial charge in [0.15, 0.2) is 0 Å². The Hall–Kier alpha value is -0.720. The largest absolute Gasteiger partial charge is 0.324 e. The van der Waals surface area contributed by atoms with Crippen LogP contribution >= 0.6 is 51.9 Å². The summed E-state index contributed by atoms with van der Waals surface area (Å²) in [6.45, 7) is 0. The van der Waals surface area contributed by atoms with E-state index in [2.05, 4.69) is 5.32 Å². The summed E-state index contributed by atoms with van der Waals surface area (Å²) in [5.41, 5.74) is 7.78. The molecule has 1 amide bonds. The minimum atomic E-state index is -0.667. The van der Waals surface area contributed by atoms with Crippen LogP contribution in [0.2, 0.25) is 10.0 Å². The summed E-state index contributed by atoms with van der Waals surface area (Å²) in [4.78, 5) is 13.2. The average molecular weight is 420 g/mol. The molecule has 0 aliphatic carbocycles. The molecular weight excluding hydrogens is 407 g/mol. The molecule has 0 saturated heterocycles. The fourth-order valence-corrected chi connectivity index (χ4v) is 3.74. The molecule has 3 rings (SSSR count). The smallest absolute Gasteiger partial charge is 0.242 e. The number of benzene rings is 2. The number of rotatable bonds is 1. The molecule has 2 aromatic rings. The second-order valence-corrected chi connectivity index (χ2v) is 6.72. The van der Waals surface area contributed by atoms with Crippen molar-refractivity contribution in [2.75, 3.05) is 5.32 Å². The molecule has 2 unspecified atom stereocenters. The first kappa shape index (κ1) is 17.6. The SMILES string of the molecule is Br.NC1C(=O)Nc2ccccc2SC1c1ccc(Cl)c(Cl)c1. The summed E-state index contributed by atoms with van der Waals surface area (Å²) in [6, 6.07) is 12.3. The molecule has 0 aromatic heterocycles. The molecule has 0 fully saturated rings. The number of nitrogens with two attached hydrogens (primary N) is 1. The topological polar surface area (TPSA) is 55.1 Å². The molecule has 0 spiro atoms. The van der Waals surface area contributed by atoms with Crippen molar-refractivity contribution >= 4 is 63.5 Å². The van der Waals surface area contributed by atoms with Gasteiger partial charge in [0.05, 0.1) is 21.0 Å². The lowest BCUT2D eigenvalue weighted by Crippen LogP contribution is -2.38. The molecule has 1 aliphatic heterocycles. The molecule has 7 heteroatoms. The van der Waals surface area contributed by atoms with E-state index in [1.807, 2.05) is 30.3 Å². The summed E-state index contributed by atoms with van der Waals surface area (Å²) in [6.07, 6.45) is 0. The van der Waals surface area contributed by atoms with Gasteiger partial charge in [-0.2, -0.15) is 0 Å². The number of thioether (sulfide) groups is 1. The molecule has 3 N–H and O–H groups in total. The van der Waals surface area contributed by atoms with Crippen molar-refractivity contribution in [3.63, 3.8) is 0 Å². The van der Waals surface area contributed by atoms with Crippen molar-refractivity contribution < 1.29 is 4.79 Å². The van der Waals surface area contributed by atoms with Crippen LogP contribution in [-0.4, -0.2) is 11.9 Å². The average Bonchev–Trinajstić information content (AvgIpc) is 2.60. The Bertz CT molecular complexity index is 714. The number of carbonyl (C=O) groups excluding carboxylic acids is 1. The minimum Gasteiger partial charge on any atom is -0.324 e. The molecular formula is C15H13BrCl2N2OS. The summed E-state index contributed by atoms with van der Waals surface area (Å²) < 4.78 is 0. The molecule has 116 valence electrons. The monoisotopic (exact) mass is 418 g/mol. The van der Waals surface area contributed by atoms with Gasteiger partial charge in [0.25, 0.3) is 0 Å². The second kappa shape index (κ2) is 7.23. The molecule has 1 heterocycles. The third kappa shape index (κ3) is 3.44. The van der Waals surface area contributed by atoms with Crippen LogP contribution in [0.1, 0.15) is 10.8 Å². The number of halogens is 3. The first-order valence-corrected chi connectivity index (χ1v) is 7.97. The van der Waals surface area contributed by atoms with E-state index in [0.29, 0.717) is 10.0 Å². The number of fused-ring (bicyclic) bond motifs is 1. The molecule has 0 saturated carbocycles. The van der Waals surface area contributed by atoms with E-state index in [0.717, 1.165) is 16.1 Å². The maximum Gasteiger partial charge on any atom is 0.242 e. The standard InChI is InChI=1S/C15H12Cl2N2OS.BrH/c16-9-6-5-8(7-10(9)17)14-13(18)15(20)19-11-3-1-2-4-12(11)21-14;/h1-7,13-14H,18H2,(H,19,20);1H. The van der Waals surface area contributed by atoms with Crippen molar-refractivity contribution in [2.45, 2.75) is 16.2 Å². The Morgan fingerprint density at radius 1 is 1.09 bits per heavy atom. The third-order valence-electron chi connectivity index (χ3n) is 3.30. The van der Waals surface area contributed by atoms with Gasteiger partial charge in [-0.05, 0) is 29.8 Å². The highest BCUT2D eigenvalue weighted by Gasteiger charge is 2.31. The van der Waals surface area contributed by atoms with E-state index in [-0.39, 0.29) is 28.1 Å². The molecule has 0 bridgehead atoms. The molecule has 1 aliphatic rings. The van der Waals surface area contributed by atoms with Gasteiger partial charge in [0.1, 0.15) is 6.04 Å². The number of anilines is 1. The van der Waals surface area contributed by atoms with Gasteiger partial charge in [-0.25, -0.2) is 0 Å². The summed E-state index contributed by atoms with van der Waals surface area (Å²) in [5.74, 6) is -0.205. The van der Waals surface area contributed by atoms with Gasteiger partial charge in [0, 0.05) is 4.90 Å². The number of amides is 1. The Morgan fingerprint density at radius 2 is 1.82 bits per heavy atom. The van der Waals surface area contributed by atoms with Crippen LogP contribution in [-0.2, 0) is 4.79 Å². The lowest BCUT2D eigenvalue weighted by molar-refractivity contribution is -0.117. The predicted octanol–water partition coefficient (Wildman–Crippen LogP) is 4.68. The van der Waals surface area contributed by atoms with E-state index in [9.17, 15) is 4.79 Å². The summed E-state index contributed by atoms with van der Waals surface area (Å²) in [5, 5.41) is 3.58. The van der Waals surface area contributed by atoms with E-state index in [1.54, 1.807) is 23.9 Å². The van der Waals surface area contributed by atoms with Gasteiger partial charge in [0.2, 0.25) is 5.91 Å². The van der Waals surface area contributed by atoms with Gasteiger partial charge in [-0.15, -0.1) is 28.7 Å². The van der Waals surface area contributed by atoms with Gasteiger partial charge >= 0.3 is 0 Å². The zero-order valence-corrected chi connectivity index (χ0v) is 15.3. The second-order valence-electron chi connectivity index (χ2n) is 4.72. The lowest BCUT2D eigenvalue weighted by Gasteiger charge is -2.20. The van der Waals surface area contributed by atoms with Crippen molar-refractivity contribution in [1.29, 1.82) is 0 Å². The quantitative estimate of drug-likeness (QED) is 0.705. The van der Waals surface area contributed by atoms with Crippen LogP contribution in [0.4, 0.5) is 5.69 Å². The third-order valence-corrected chi connectivity index (χ3v) is 5.47.